The Morgan fingerprint density at radius 1 is 1.29 bits per heavy atom. The van der Waals surface area contributed by atoms with Crippen molar-refractivity contribution in [1.29, 1.82) is 0 Å². The summed E-state index contributed by atoms with van der Waals surface area (Å²) in [7, 11) is 0. The van der Waals surface area contributed by atoms with Gasteiger partial charge in [-0.25, -0.2) is 9.97 Å². The summed E-state index contributed by atoms with van der Waals surface area (Å²) >= 11 is 13.5. The molecule has 2 aromatic heterocycles. The quantitative estimate of drug-likeness (QED) is 0.865. The Bertz CT molecular complexity index is 516. The second kappa shape index (κ2) is 5.21. The first-order valence-electron chi connectivity index (χ1n) is 5.04. The predicted octanol–water partition coefficient (Wildman–Crippen LogP) is 4.07. The number of hydrogen-bond acceptors (Lipinski definition) is 4. The standard InChI is InChI=1S/C11H11Cl2N3S/c1-6-3-9(12)16-11(13)10(6)14-4-8-5-17-7(2)15-8/h3,5,14H,4H2,1-2H3. The maximum Gasteiger partial charge on any atom is 0.154 e. The van der Waals surface area contributed by atoms with E-state index in [1.54, 1.807) is 17.4 Å². The van der Waals surface area contributed by atoms with Gasteiger partial charge in [-0.15, -0.1) is 11.3 Å². The molecule has 0 aromatic carbocycles. The monoisotopic (exact) mass is 287 g/mol. The summed E-state index contributed by atoms with van der Waals surface area (Å²) in [6, 6.07) is 1.78. The third-order valence-corrected chi connectivity index (χ3v) is 3.54. The van der Waals surface area contributed by atoms with Crippen molar-refractivity contribution in [2.24, 2.45) is 0 Å². The Balaban J connectivity index is 2.14. The van der Waals surface area contributed by atoms with Crippen molar-refractivity contribution in [3.05, 3.63) is 38.0 Å². The van der Waals surface area contributed by atoms with Crippen molar-refractivity contribution in [3.8, 4) is 0 Å². The lowest BCUT2D eigenvalue weighted by atomic mass is 10.2. The van der Waals surface area contributed by atoms with Crippen molar-refractivity contribution in [2.75, 3.05) is 5.32 Å². The van der Waals surface area contributed by atoms with Crippen LogP contribution in [0.3, 0.4) is 0 Å². The smallest absolute Gasteiger partial charge is 0.154 e. The molecule has 0 spiro atoms. The second-order valence-electron chi connectivity index (χ2n) is 3.64. The van der Waals surface area contributed by atoms with Gasteiger partial charge in [0.05, 0.1) is 22.9 Å². The van der Waals surface area contributed by atoms with E-state index in [2.05, 4.69) is 15.3 Å². The first-order valence-corrected chi connectivity index (χ1v) is 6.67. The van der Waals surface area contributed by atoms with Crippen molar-refractivity contribution >= 4 is 40.2 Å². The summed E-state index contributed by atoms with van der Waals surface area (Å²) in [5.74, 6) is 0. The van der Waals surface area contributed by atoms with Gasteiger partial charge in [0.25, 0.3) is 0 Å². The number of anilines is 1. The van der Waals surface area contributed by atoms with E-state index in [9.17, 15) is 0 Å². The van der Waals surface area contributed by atoms with E-state index in [1.165, 1.54) is 0 Å². The third kappa shape index (κ3) is 3.09. The maximum atomic E-state index is 6.03. The molecule has 0 saturated carbocycles. The fourth-order valence-electron chi connectivity index (χ4n) is 1.48. The minimum atomic E-state index is 0.391. The Kier molecular flexibility index (Phi) is 3.86. The molecule has 0 unspecified atom stereocenters. The molecule has 3 nitrogen and oxygen atoms in total. The van der Waals surface area contributed by atoms with Crippen LogP contribution in [0.15, 0.2) is 11.4 Å². The van der Waals surface area contributed by atoms with Gasteiger partial charge in [-0.3, -0.25) is 0 Å². The molecule has 0 saturated heterocycles. The Morgan fingerprint density at radius 2 is 2.06 bits per heavy atom. The van der Waals surface area contributed by atoms with E-state index in [1.807, 2.05) is 19.2 Å². The highest BCUT2D eigenvalue weighted by atomic mass is 35.5. The molecule has 2 aromatic rings. The number of halogens is 2. The molecule has 0 aliphatic heterocycles. The van der Waals surface area contributed by atoms with Crippen LogP contribution in [0.4, 0.5) is 5.69 Å². The molecule has 0 aliphatic carbocycles. The van der Waals surface area contributed by atoms with Crippen LogP contribution in [-0.4, -0.2) is 9.97 Å². The highest BCUT2D eigenvalue weighted by molar-refractivity contribution is 7.09. The van der Waals surface area contributed by atoms with Crippen LogP contribution < -0.4 is 5.32 Å². The molecule has 0 fully saturated rings. The number of nitrogens with one attached hydrogen (secondary N) is 1. The number of aryl methyl sites for hydroxylation is 2. The van der Waals surface area contributed by atoms with E-state index in [0.717, 1.165) is 22.0 Å². The number of hydrogen-bond donors (Lipinski definition) is 1. The summed E-state index contributed by atoms with van der Waals surface area (Å²) in [6.45, 7) is 4.55. The van der Waals surface area contributed by atoms with Gasteiger partial charge in [0.1, 0.15) is 5.15 Å². The summed E-state index contributed by atoms with van der Waals surface area (Å²) in [5.41, 5.74) is 2.78. The van der Waals surface area contributed by atoms with Gasteiger partial charge in [0.15, 0.2) is 5.15 Å². The molecule has 2 rings (SSSR count). The summed E-state index contributed by atoms with van der Waals surface area (Å²) < 4.78 is 0. The minimum Gasteiger partial charge on any atom is -0.377 e. The summed E-state index contributed by atoms with van der Waals surface area (Å²) in [4.78, 5) is 8.37. The van der Waals surface area contributed by atoms with E-state index in [4.69, 9.17) is 23.2 Å². The van der Waals surface area contributed by atoms with Crippen LogP contribution >= 0.6 is 34.5 Å². The van der Waals surface area contributed by atoms with Crippen LogP contribution in [0.1, 0.15) is 16.3 Å². The first kappa shape index (κ1) is 12.6. The number of rotatable bonds is 3. The third-order valence-electron chi connectivity index (χ3n) is 2.25. The van der Waals surface area contributed by atoms with Crippen LogP contribution in [0, 0.1) is 13.8 Å². The van der Waals surface area contributed by atoms with Gasteiger partial charge in [0, 0.05) is 5.38 Å². The Hall–Kier alpha value is -0.840. The van der Waals surface area contributed by atoms with Gasteiger partial charge in [-0.05, 0) is 25.5 Å². The summed E-state index contributed by atoms with van der Waals surface area (Å²) in [6.07, 6.45) is 0. The van der Waals surface area contributed by atoms with Crippen LogP contribution in [0.5, 0.6) is 0 Å². The van der Waals surface area contributed by atoms with Crippen LogP contribution in [0.2, 0.25) is 10.3 Å². The average Bonchev–Trinajstić information content (AvgIpc) is 2.62. The molecule has 0 amide bonds. The SMILES string of the molecule is Cc1nc(CNc2c(C)cc(Cl)nc2Cl)cs1. The molecule has 6 heteroatoms. The van der Waals surface area contributed by atoms with E-state index < -0.39 is 0 Å². The molecule has 0 radical (unpaired) electrons. The lowest BCUT2D eigenvalue weighted by molar-refractivity contribution is 1.05. The van der Waals surface area contributed by atoms with Crippen LogP contribution in [-0.2, 0) is 6.54 Å². The van der Waals surface area contributed by atoms with Gasteiger partial charge in [-0.2, -0.15) is 0 Å². The molecule has 1 N–H and O–H groups in total. The number of pyridine rings is 1. The van der Waals surface area contributed by atoms with Crippen LogP contribution in [0.25, 0.3) is 0 Å². The lowest BCUT2D eigenvalue weighted by Crippen LogP contribution is -2.03. The minimum absolute atomic E-state index is 0.391. The zero-order chi connectivity index (χ0) is 12.4. The largest absolute Gasteiger partial charge is 0.377 e. The molecule has 17 heavy (non-hydrogen) atoms. The first-order chi connectivity index (χ1) is 8.06. The van der Waals surface area contributed by atoms with Gasteiger partial charge < -0.3 is 5.32 Å². The zero-order valence-electron chi connectivity index (χ0n) is 9.42. The number of aromatic nitrogens is 2. The molecular weight excluding hydrogens is 277 g/mol. The molecule has 90 valence electrons. The predicted molar refractivity (Wildman–Crippen MR) is 73.2 cm³/mol. The topological polar surface area (TPSA) is 37.8 Å². The number of nitrogens with zero attached hydrogens (tertiary/aromatic N) is 2. The normalized spacial score (nSPS) is 10.6. The van der Waals surface area contributed by atoms with Crippen molar-refractivity contribution < 1.29 is 0 Å². The van der Waals surface area contributed by atoms with Crippen molar-refractivity contribution in [1.82, 2.24) is 9.97 Å². The van der Waals surface area contributed by atoms with Gasteiger partial charge >= 0.3 is 0 Å². The Labute approximate surface area is 114 Å². The highest BCUT2D eigenvalue weighted by Gasteiger charge is 2.08. The van der Waals surface area contributed by atoms with Crippen molar-refractivity contribution in [3.63, 3.8) is 0 Å². The Morgan fingerprint density at radius 3 is 2.65 bits per heavy atom. The number of thiazole rings is 1. The molecule has 0 atom stereocenters. The summed E-state index contributed by atoms with van der Waals surface area (Å²) in [5, 5.41) is 7.10. The molecular formula is C11H11Cl2N3S. The van der Waals surface area contributed by atoms with Crippen molar-refractivity contribution in [2.45, 2.75) is 20.4 Å². The van der Waals surface area contributed by atoms with Gasteiger partial charge in [-0.1, -0.05) is 23.2 Å². The maximum absolute atomic E-state index is 6.03. The van der Waals surface area contributed by atoms with E-state index >= 15 is 0 Å². The highest BCUT2D eigenvalue weighted by Crippen LogP contribution is 2.26. The fourth-order valence-corrected chi connectivity index (χ4v) is 2.69. The molecule has 0 bridgehead atoms. The average molecular weight is 288 g/mol. The second-order valence-corrected chi connectivity index (χ2v) is 5.45. The van der Waals surface area contributed by atoms with E-state index in [0.29, 0.717) is 16.9 Å². The fraction of sp³-hybridized carbons (Fsp3) is 0.273. The molecule has 2 heterocycles. The van der Waals surface area contributed by atoms with E-state index in [-0.39, 0.29) is 0 Å². The zero-order valence-corrected chi connectivity index (χ0v) is 11.7. The lowest BCUT2D eigenvalue weighted by Gasteiger charge is -2.10. The molecule has 0 aliphatic rings. The van der Waals surface area contributed by atoms with Gasteiger partial charge in [0.2, 0.25) is 0 Å².